The third-order valence-corrected chi connectivity index (χ3v) is 2.75. The normalized spacial score (nSPS) is 11.5. The molecule has 0 aliphatic heterocycles. The van der Waals surface area contributed by atoms with Crippen molar-refractivity contribution in [2.45, 2.75) is 13.5 Å². The molecule has 2 N–H and O–H groups in total. The lowest BCUT2D eigenvalue weighted by molar-refractivity contribution is 0.819. The fraction of sp³-hybridized carbons (Fsp3) is 0.364. The number of fused-ring (bicyclic) bond motifs is 1. The molecule has 0 fully saturated rings. The number of nitrogens with one attached hydrogen (secondary N) is 2. The largest absolute Gasteiger partial charge is 0.359 e. The first-order valence-electron chi connectivity index (χ1n) is 5.58. The van der Waals surface area contributed by atoms with E-state index >= 15 is 0 Å². The summed E-state index contributed by atoms with van der Waals surface area (Å²) < 4.78 is 3.05. The molecule has 0 atom stereocenters. The van der Waals surface area contributed by atoms with Crippen molar-refractivity contribution in [3.8, 4) is 0 Å². The lowest BCUT2D eigenvalue weighted by Crippen LogP contribution is -2.29. The molecule has 0 aliphatic carbocycles. The maximum atomic E-state index is 11.9. The third kappa shape index (κ3) is 1.73. The third-order valence-electron chi connectivity index (χ3n) is 2.75. The molecule has 0 unspecified atom stereocenters. The SMILES string of the molecule is C/C=C/Cn1c(NC)nc2c1c(=O)[nH]c(=O)n2C. The maximum Gasteiger partial charge on any atom is 0.329 e. The fourth-order valence-corrected chi connectivity index (χ4v) is 1.81. The number of nitrogens with zero attached hydrogens (tertiary/aromatic N) is 3. The van der Waals surface area contributed by atoms with E-state index in [0.29, 0.717) is 23.7 Å². The predicted molar refractivity (Wildman–Crippen MR) is 70.0 cm³/mol. The summed E-state index contributed by atoms with van der Waals surface area (Å²) in [6, 6.07) is 0. The van der Waals surface area contributed by atoms with Crippen molar-refractivity contribution in [2.24, 2.45) is 7.05 Å². The van der Waals surface area contributed by atoms with Gasteiger partial charge in [0.2, 0.25) is 5.95 Å². The average molecular weight is 249 g/mol. The van der Waals surface area contributed by atoms with Crippen LogP contribution in [0.1, 0.15) is 6.92 Å². The van der Waals surface area contributed by atoms with Gasteiger partial charge in [-0.15, -0.1) is 0 Å². The van der Waals surface area contributed by atoms with Crippen molar-refractivity contribution in [3.63, 3.8) is 0 Å². The van der Waals surface area contributed by atoms with E-state index in [4.69, 9.17) is 0 Å². The Morgan fingerprint density at radius 1 is 1.44 bits per heavy atom. The number of anilines is 1. The van der Waals surface area contributed by atoms with E-state index in [1.807, 2.05) is 19.1 Å². The van der Waals surface area contributed by atoms with Gasteiger partial charge in [0.15, 0.2) is 11.2 Å². The fourth-order valence-electron chi connectivity index (χ4n) is 1.81. The molecule has 0 radical (unpaired) electrons. The van der Waals surface area contributed by atoms with Crippen molar-refractivity contribution in [2.75, 3.05) is 12.4 Å². The van der Waals surface area contributed by atoms with Crippen LogP contribution in [-0.4, -0.2) is 26.1 Å². The van der Waals surface area contributed by atoms with Gasteiger partial charge in [0.1, 0.15) is 0 Å². The van der Waals surface area contributed by atoms with Crippen LogP contribution in [0.15, 0.2) is 21.7 Å². The second kappa shape index (κ2) is 4.52. The molecule has 18 heavy (non-hydrogen) atoms. The molecule has 0 saturated heterocycles. The highest BCUT2D eigenvalue weighted by atomic mass is 16.2. The monoisotopic (exact) mass is 249 g/mol. The topological polar surface area (TPSA) is 84.7 Å². The van der Waals surface area contributed by atoms with Gasteiger partial charge in [-0.25, -0.2) is 4.79 Å². The Hall–Kier alpha value is -2.31. The Morgan fingerprint density at radius 2 is 2.17 bits per heavy atom. The van der Waals surface area contributed by atoms with Gasteiger partial charge in [0.05, 0.1) is 0 Å². The second-order valence-electron chi connectivity index (χ2n) is 3.86. The molecular formula is C11H15N5O2. The minimum absolute atomic E-state index is 0.373. The zero-order chi connectivity index (χ0) is 13.3. The first kappa shape index (κ1) is 12.2. The van der Waals surface area contributed by atoms with Gasteiger partial charge in [-0.05, 0) is 6.92 Å². The highest BCUT2D eigenvalue weighted by Gasteiger charge is 2.15. The van der Waals surface area contributed by atoms with E-state index in [0.717, 1.165) is 0 Å². The minimum atomic E-state index is -0.467. The molecule has 0 saturated carbocycles. The van der Waals surface area contributed by atoms with Crippen molar-refractivity contribution >= 4 is 17.1 Å². The zero-order valence-electron chi connectivity index (χ0n) is 10.5. The molecule has 0 amide bonds. The van der Waals surface area contributed by atoms with E-state index in [2.05, 4.69) is 15.3 Å². The molecule has 2 aromatic rings. The predicted octanol–water partition coefficient (Wildman–Crippen LogP) is 0.0411. The molecule has 0 aliphatic rings. The molecule has 96 valence electrons. The Bertz CT molecular complexity index is 719. The van der Waals surface area contributed by atoms with Crippen LogP contribution < -0.4 is 16.6 Å². The van der Waals surface area contributed by atoms with Gasteiger partial charge < -0.3 is 9.88 Å². The van der Waals surface area contributed by atoms with Crippen LogP contribution in [0.2, 0.25) is 0 Å². The van der Waals surface area contributed by atoms with Crippen molar-refractivity contribution in [1.82, 2.24) is 19.1 Å². The molecule has 2 aromatic heterocycles. The summed E-state index contributed by atoms with van der Waals surface area (Å²) in [5.41, 5.74) is -0.130. The van der Waals surface area contributed by atoms with Crippen molar-refractivity contribution in [3.05, 3.63) is 33.0 Å². The number of aryl methyl sites for hydroxylation is 1. The quantitative estimate of drug-likeness (QED) is 0.752. The van der Waals surface area contributed by atoms with Crippen LogP contribution in [0.5, 0.6) is 0 Å². The van der Waals surface area contributed by atoms with E-state index in [1.165, 1.54) is 4.57 Å². The highest BCUT2D eigenvalue weighted by molar-refractivity contribution is 5.74. The van der Waals surface area contributed by atoms with Crippen LogP contribution in [0, 0.1) is 0 Å². The van der Waals surface area contributed by atoms with Crippen LogP contribution in [0.25, 0.3) is 11.2 Å². The molecule has 7 heteroatoms. The number of hydrogen-bond acceptors (Lipinski definition) is 4. The maximum absolute atomic E-state index is 11.9. The molecule has 0 aromatic carbocycles. The van der Waals surface area contributed by atoms with Gasteiger partial charge in [-0.1, -0.05) is 12.2 Å². The lowest BCUT2D eigenvalue weighted by Gasteiger charge is -2.04. The second-order valence-corrected chi connectivity index (χ2v) is 3.86. The Balaban J connectivity index is 2.87. The lowest BCUT2D eigenvalue weighted by atomic mass is 10.4. The van der Waals surface area contributed by atoms with E-state index in [9.17, 15) is 9.59 Å². The van der Waals surface area contributed by atoms with Crippen LogP contribution in [0.3, 0.4) is 0 Å². The van der Waals surface area contributed by atoms with Gasteiger partial charge in [-0.3, -0.25) is 14.3 Å². The van der Waals surface area contributed by atoms with Crippen molar-refractivity contribution < 1.29 is 0 Å². The number of aromatic nitrogens is 4. The van der Waals surface area contributed by atoms with Gasteiger partial charge >= 0.3 is 5.69 Å². The molecule has 7 nitrogen and oxygen atoms in total. The molecule has 0 bridgehead atoms. The summed E-state index contributed by atoms with van der Waals surface area (Å²) in [6.07, 6.45) is 3.80. The number of imidazole rings is 1. The number of rotatable bonds is 3. The highest BCUT2D eigenvalue weighted by Crippen LogP contribution is 2.14. The minimum Gasteiger partial charge on any atom is -0.359 e. The van der Waals surface area contributed by atoms with Crippen molar-refractivity contribution in [1.29, 1.82) is 0 Å². The van der Waals surface area contributed by atoms with E-state index < -0.39 is 11.2 Å². The summed E-state index contributed by atoms with van der Waals surface area (Å²) >= 11 is 0. The first-order valence-corrected chi connectivity index (χ1v) is 5.58. The number of H-pyrrole nitrogens is 1. The number of allylic oxidation sites excluding steroid dienone is 2. The van der Waals surface area contributed by atoms with E-state index in [1.54, 1.807) is 18.7 Å². The summed E-state index contributed by atoms with van der Waals surface area (Å²) in [6.45, 7) is 2.42. The number of hydrogen-bond donors (Lipinski definition) is 2. The molecule has 2 rings (SSSR count). The Morgan fingerprint density at radius 3 is 2.78 bits per heavy atom. The van der Waals surface area contributed by atoms with Crippen LogP contribution in [-0.2, 0) is 13.6 Å². The Kier molecular flexibility index (Phi) is 3.05. The Labute approximate surface area is 103 Å². The zero-order valence-corrected chi connectivity index (χ0v) is 10.5. The summed E-state index contributed by atoms with van der Waals surface area (Å²) in [4.78, 5) is 29.9. The van der Waals surface area contributed by atoms with Gasteiger partial charge in [-0.2, -0.15) is 4.98 Å². The van der Waals surface area contributed by atoms with Crippen LogP contribution in [0.4, 0.5) is 5.95 Å². The van der Waals surface area contributed by atoms with Gasteiger partial charge in [0.25, 0.3) is 5.56 Å². The summed E-state index contributed by atoms with van der Waals surface area (Å²) in [7, 11) is 3.30. The molecule has 2 heterocycles. The summed E-state index contributed by atoms with van der Waals surface area (Å²) in [5, 5.41) is 2.92. The average Bonchev–Trinajstić information content (AvgIpc) is 2.72. The van der Waals surface area contributed by atoms with Crippen LogP contribution >= 0.6 is 0 Å². The van der Waals surface area contributed by atoms with Gasteiger partial charge in [0, 0.05) is 20.6 Å². The van der Waals surface area contributed by atoms with E-state index in [-0.39, 0.29) is 0 Å². The first-order chi connectivity index (χ1) is 8.60. The number of aromatic amines is 1. The molecule has 0 spiro atoms. The standard InChI is InChI=1S/C11H15N5O2/c1-4-5-6-16-7-8(13-10(16)12-2)15(3)11(18)14-9(7)17/h4-5H,6H2,1-3H3,(H,12,13)(H,14,17,18)/b5-4+. The molecular weight excluding hydrogens is 234 g/mol. The summed E-state index contributed by atoms with van der Waals surface area (Å²) in [5.74, 6) is 0.551. The smallest absolute Gasteiger partial charge is 0.329 e.